The van der Waals surface area contributed by atoms with Crippen LogP contribution < -0.4 is 14.7 Å². The number of hydrogen-bond acceptors (Lipinski definition) is 5. The number of fused-ring (bicyclic) bond motifs is 1. The summed E-state index contributed by atoms with van der Waals surface area (Å²) in [5.74, 6) is 1.30. The summed E-state index contributed by atoms with van der Waals surface area (Å²) in [6, 6.07) is 7.58. The molecule has 29 heavy (non-hydrogen) atoms. The average Bonchev–Trinajstić information content (AvgIpc) is 2.76. The lowest BCUT2D eigenvalue weighted by Crippen LogP contribution is -2.46. The van der Waals surface area contributed by atoms with Crippen LogP contribution in [0.2, 0.25) is 5.02 Å². The Kier molecular flexibility index (Phi) is 5.61. The lowest BCUT2D eigenvalue weighted by Gasteiger charge is -2.36. The first-order chi connectivity index (χ1) is 14.0. The highest BCUT2D eigenvalue weighted by atomic mass is 35.5. The van der Waals surface area contributed by atoms with E-state index < -0.39 is 0 Å². The van der Waals surface area contributed by atoms with E-state index in [9.17, 15) is 4.79 Å². The van der Waals surface area contributed by atoms with Crippen LogP contribution in [0.4, 0.5) is 22.2 Å². The summed E-state index contributed by atoms with van der Waals surface area (Å²) in [5, 5.41) is 0.543. The number of ether oxygens (including phenoxy) is 1. The Bertz CT molecular complexity index is 900. The highest BCUT2D eigenvalue weighted by Crippen LogP contribution is 2.34. The lowest BCUT2D eigenvalue weighted by molar-refractivity contribution is 0.0659. The third-order valence-electron chi connectivity index (χ3n) is 5.98. The number of halogens is 1. The third kappa shape index (κ3) is 3.76. The zero-order valence-corrected chi connectivity index (χ0v) is 17.8. The van der Waals surface area contributed by atoms with Gasteiger partial charge in [0.15, 0.2) is 0 Å². The largest absolute Gasteiger partial charge is 0.381 e. The molecular weight excluding hydrogens is 390 g/mol. The summed E-state index contributed by atoms with van der Waals surface area (Å²) in [4.78, 5) is 27.7. The topological polar surface area (TPSA) is 61.8 Å². The Morgan fingerprint density at radius 3 is 2.62 bits per heavy atom. The van der Waals surface area contributed by atoms with Crippen molar-refractivity contribution in [2.24, 2.45) is 0 Å². The average molecular weight is 416 g/mol. The molecule has 2 aromatic rings. The zero-order valence-electron chi connectivity index (χ0n) is 17.0. The molecule has 0 bridgehead atoms. The van der Waals surface area contributed by atoms with E-state index in [0.717, 1.165) is 31.2 Å². The molecular formula is C21H26ClN5O2. The van der Waals surface area contributed by atoms with Crippen molar-refractivity contribution >= 4 is 35.1 Å². The van der Waals surface area contributed by atoms with E-state index in [1.54, 1.807) is 30.0 Å². The van der Waals surface area contributed by atoms with Gasteiger partial charge in [-0.2, -0.15) is 4.98 Å². The predicted molar refractivity (Wildman–Crippen MR) is 115 cm³/mol. The van der Waals surface area contributed by atoms with Crippen LogP contribution in [0.3, 0.4) is 0 Å². The molecule has 4 rings (SSSR count). The standard InChI is InChI=1S/C21H26ClN5O2/c1-25(15-8-10-16(29-3)11-9-15)20-23-12-14-13-27(18-7-5-4-6-17(18)22)21(28)26(2)19(14)24-20/h4-7,12,15-16H,8-11,13H2,1-3H3/t15-,16-. The van der Waals surface area contributed by atoms with Gasteiger partial charge in [0.1, 0.15) is 5.82 Å². The fraction of sp³-hybridized carbons (Fsp3) is 0.476. The van der Waals surface area contributed by atoms with Gasteiger partial charge in [0, 0.05) is 39.0 Å². The molecule has 1 saturated carbocycles. The molecule has 0 unspecified atom stereocenters. The van der Waals surface area contributed by atoms with Gasteiger partial charge in [-0.05, 0) is 37.8 Å². The minimum atomic E-state index is -0.154. The first-order valence-corrected chi connectivity index (χ1v) is 10.3. The van der Waals surface area contributed by atoms with Crippen molar-refractivity contribution in [1.29, 1.82) is 0 Å². The summed E-state index contributed by atoms with van der Waals surface area (Å²) >= 11 is 6.31. The maximum Gasteiger partial charge on any atom is 0.330 e. The molecule has 0 atom stereocenters. The highest BCUT2D eigenvalue weighted by molar-refractivity contribution is 6.34. The van der Waals surface area contributed by atoms with Crippen LogP contribution in [-0.4, -0.2) is 49.4 Å². The molecule has 1 aromatic heterocycles. The van der Waals surface area contributed by atoms with Crippen LogP contribution >= 0.6 is 11.6 Å². The smallest absolute Gasteiger partial charge is 0.330 e. The Balaban J connectivity index is 1.57. The molecule has 7 nitrogen and oxygen atoms in total. The van der Waals surface area contributed by atoms with Crippen LogP contribution in [0.25, 0.3) is 0 Å². The van der Waals surface area contributed by atoms with E-state index in [0.29, 0.717) is 41.2 Å². The summed E-state index contributed by atoms with van der Waals surface area (Å²) in [5.41, 5.74) is 1.58. The maximum absolute atomic E-state index is 13.0. The molecule has 1 fully saturated rings. The van der Waals surface area contributed by atoms with Gasteiger partial charge in [-0.3, -0.25) is 9.80 Å². The van der Waals surface area contributed by atoms with Crippen molar-refractivity contribution in [3.8, 4) is 0 Å². The zero-order chi connectivity index (χ0) is 20.5. The fourth-order valence-corrected chi connectivity index (χ4v) is 4.40. The number of carbonyl (C=O) groups excluding carboxylic acids is 1. The van der Waals surface area contributed by atoms with Gasteiger partial charge in [-0.15, -0.1) is 0 Å². The van der Waals surface area contributed by atoms with Crippen molar-refractivity contribution in [2.45, 2.75) is 44.4 Å². The minimum absolute atomic E-state index is 0.154. The molecule has 1 aliphatic heterocycles. The molecule has 0 radical (unpaired) electrons. The molecule has 8 heteroatoms. The van der Waals surface area contributed by atoms with Gasteiger partial charge in [0.25, 0.3) is 0 Å². The molecule has 2 amide bonds. The van der Waals surface area contributed by atoms with Gasteiger partial charge in [0.2, 0.25) is 5.95 Å². The second-order valence-electron chi connectivity index (χ2n) is 7.68. The molecule has 154 valence electrons. The number of methoxy groups -OCH3 is 1. The highest BCUT2D eigenvalue weighted by Gasteiger charge is 2.32. The van der Waals surface area contributed by atoms with Crippen molar-refractivity contribution < 1.29 is 9.53 Å². The number of para-hydroxylation sites is 1. The summed E-state index contributed by atoms with van der Waals surface area (Å²) in [6.07, 6.45) is 6.35. The molecule has 0 spiro atoms. The Labute approximate surface area is 176 Å². The maximum atomic E-state index is 13.0. The van der Waals surface area contributed by atoms with Crippen molar-refractivity contribution in [3.63, 3.8) is 0 Å². The molecule has 1 aromatic carbocycles. The van der Waals surface area contributed by atoms with Gasteiger partial charge in [-0.25, -0.2) is 9.78 Å². The Morgan fingerprint density at radius 1 is 1.21 bits per heavy atom. The fourth-order valence-electron chi connectivity index (χ4n) is 4.16. The monoisotopic (exact) mass is 415 g/mol. The second-order valence-corrected chi connectivity index (χ2v) is 8.08. The predicted octanol–water partition coefficient (Wildman–Crippen LogP) is 4.10. The number of anilines is 3. The number of amides is 2. The van der Waals surface area contributed by atoms with Crippen LogP contribution in [-0.2, 0) is 11.3 Å². The Morgan fingerprint density at radius 2 is 1.93 bits per heavy atom. The molecule has 2 aliphatic rings. The van der Waals surface area contributed by atoms with Crippen molar-refractivity contribution in [1.82, 2.24) is 9.97 Å². The van der Waals surface area contributed by atoms with E-state index in [2.05, 4.69) is 9.88 Å². The number of urea groups is 1. The summed E-state index contributed by atoms with van der Waals surface area (Å²) in [6.45, 7) is 0.394. The van der Waals surface area contributed by atoms with Crippen molar-refractivity contribution in [3.05, 3.63) is 41.0 Å². The molecule has 2 heterocycles. The minimum Gasteiger partial charge on any atom is -0.381 e. The van der Waals surface area contributed by atoms with E-state index in [1.165, 1.54) is 0 Å². The summed E-state index contributed by atoms with van der Waals surface area (Å²) in [7, 11) is 5.55. The number of nitrogens with zero attached hydrogens (tertiary/aromatic N) is 5. The molecule has 0 saturated heterocycles. The SMILES string of the molecule is CO[C@H]1CC[C@H](N(C)c2ncc3c(n2)N(C)C(=O)N(c2ccccc2Cl)C3)CC1. The van der Waals surface area contributed by atoms with Crippen LogP contribution in [0.5, 0.6) is 0 Å². The van der Waals surface area contributed by atoms with Crippen LogP contribution in [0.1, 0.15) is 31.2 Å². The Hall–Kier alpha value is -2.38. The first-order valence-electron chi connectivity index (χ1n) is 9.91. The summed E-state index contributed by atoms with van der Waals surface area (Å²) < 4.78 is 5.47. The number of benzene rings is 1. The van der Waals surface area contributed by atoms with Crippen LogP contribution in [0, 0.1) is 0 Å². The van der Waals surface area contributed by atoms with E-state index >= 15 is 0 Å². The third-order valence-corrected chi connectivity index (χ3v) is 6.30. The first kappa shape index (κ1) is 19.9. The number of rotatable bonds is 4. The van der Waals surface area contributed by atoms with Crippen LogP contribution in [0.15, 0.2) is 30.5 Å². The number of carbonyl (C=O) groups is 1. The normalized spacial score (nSPS) is 21.9. The number of aromatic nitrogens is 2. The lowest BCUT2D eigenvalue weighted by atomic mass is 9.92. The second kappa shape index (κ2) is 8.16. The van der Waals surface area contributed by atoms with E-state index in [4.69, 9.17) is 21.3 Å². The van der Waals surface area contributed by atoms with Gasteiger partial charge in [0.05, 0.1) is 23.4 Å². The van der Waals surface area contributed by atoms with Gasteiger partial charge < -0.3 is 9.64 Å². The van der Waals surface area contributed by atoms with E-state index in [-0.39, 0.29) is 6.03 Å². The molecule has 0 N–H and O–H groups in total. The number of hydrogen-bond donors (Lipinski definition) is 0. The van der Waals surface area contributed by atoms with Crippen molar-refractivity contribution in [2.75, 3.05) is 35.9 Å². The van der Waals surface area contributed by atoms with Gasteiger partial charge >= 0.3 is 6.03 Å². The quantitative estimate of drug-likeness (QED) is 0.752. The van der Waals surface area contributed by atoms with Gasteiger partial charge in [-0.1, -0.05) is 23.7 Å². The molecule has 1 aliphatic carbocycles. The van der Waals surface area contributed by atoms with E-state index in [1.807, 2.05) is 31.4 Å².